The first-order chi connectivity index (χ1) is 14.7. The summed E-state index contributed by atoms with van der Waals surface area (Å²) < 4.78 is 38.3. The maximum Gasteiger partial charge on any atom is 0.243 e. The Kier molecular flexibility index (Phi) is 6.91. The highest BCUT2D eigenvalue weighted by molar-refractivity contribution is 7.89. The van der Waals surface area contributed by atoms with Crippen molar-refractivity contribution >= 4 is 21.6 Å². The fourth-order valence-electron chi connectivity index (χ4n) is 3.82. The minimum atomic E-state index is -3.76. The predicted octanol–water partition coefficient (Wildman–Crippen LogP) is 3.38. The molecule has 1 amide bonds. The molecule has 1 aliphatic heterocycles. The minimum Gasteiger partial charge on any atom is -0.493 e. The number of piperidine rings is 1. The highest BCUT2D eigenvalue weighted by Crippen LogP contribution is 2.32. The van der Waals surface area contributed by atoms with Crippen molar-refractivity contribution in [2.24, 2.45) is 5.92 Å². The second kappa shape index (κ2) is 9.28. The summed E-state index contributed by atoms with van der Waals surface area (Å²) in [5, 5.41) is 0. The summed E-state index contributed by atoms with van der Waals surface area (Å²) >= 11 is 0. The Morgan fingerprint density at radius 3 is 2.39 bits per heavy atom. The van der Waals surface area contributed by atoms with Crippen LogP contribution in [0.5, 0.6) is 11.5 Å². The normalized spacial score (nSPS) is 17.3. The van der Waals surface area contributed by atoms with Crippen LogP contribution in [-0.2, 0) is 14.8 Å². The minimum absolute atomic E-state index is 0.0736. The van der Waals surface area contributed by atoms with Gasteiger partial charge < -0.3 is 14.4 Å². The van der Waals surface area contributed by atoms with Crippen LogP contribution in [0.4, 0.5) is 5.69 Å². The smallest absolute Gasteiger partial charge is 0.243 e. The van der Waals surface area contributed by atoms with E-state index in [1.807, 2.05) is 32.0 Å². The predicted molar refractivity (Wildman–Crippen MR) is 120 cm³/mol. The zero-order chi connectivity index (χ0) is 22.8. The fraction of sp³-hybridized carbons (Fsp3) is 0.435. The molecule has 1 heterocycles. The highest BCUT2D eigenvalue weighted by Gasteiger charge is 2.35. The van der Waals surface area contributed by atoms with Crippen molar-refractivity contribution in [1.29, 1.82) is 0 Å². The standard InChI is InChI=1S/C23H30N2O5S/c1-16-8-9-19(13-17(16)2)24(3)23(26)18-7-6-12-25(15-18)31(27,28)20-10-11-21(29-4)22(14-20)30-5/h8-11,13-14,18H,6-7,12,15H2,1-5H3/t18-/m0/s1. The van der Waals surface area contributed by atoms with Gasteiger partial charge in [-0.15, -0.1) is 0 Å². The molecule has 0 aromatic heterocycles. The molecule has 2 aromatic rings. The summed E-state index contributed by atoms with van der Waals surface area (Å²) in [6.07, 6.45) is 1.29. The molecular weight excluding hydrogens is 416 g/mol. The second-order valence-corrected chi connectivity index (χ2v) is 9.82. The Morgan fingerprint density at radius 2 is 1.74 bits per heavy atom. The Labute approximate surface area is 184 Å². The molecule has 8 heteroatoms. The molecule has 1 aliphatic rings. The zero-order valence-electron chi connectivity index (χ0n) is 18.7. The highest BCUT2D eigenvalue weighted by atomic mass is 32.2. The van der Waals surface area contributed by atoms with Gasteiger partial charge >= 0.3 is 0 Å². The van der Waals surface area contributed by atoms with E-state index in [9.17, 15) is 13.2 Å². The Balaban J connectivity index is 1.80. The van der Waals surface area contributed by atoms with Crippen LogP contribution in [0, 0.1) is 19.8 Å². The summed E-state index contributed by atoms with van der Waals surface area (Å²) in [5.74, 6) is 0.344. The number of aryl methyl sites for hydroxylation is 2. The molecule has 2 aromatic carbocycles. The Morgan fingerprint density at radius 1 is 1.03 bits per heavy atom. The molecule has 1 fully saturated rings. The molecule has 0 saturated carbocycles. The van der Waals surface area contributed by atoms with Crippen molar-refractivity contribution in [1.82, 2.24) is 4.31 Å². The van der Waals surface area contributed by atoms with Crippen molar-refractivity contribution in [3.05, 3.63) is 47.5 Å². The average Bonchev–Trinajstić information content (AvgIpc) is 2.79. The molecule has 31 heavy (non-hydrogen) atoms. The molecule has 0 radical (unpaired) electrons. The number of nitrogens with zero attached hydrogens (tertiary/aromatic N) is 2. The number of hydrogen-bond acceptors (Lipinski definition) is 5. The third-order valence-electron chi connectivity index (χ3n) is 5.93. The van der Waals surface area contributed by atoms with E-state index in [2.05, 4.69) is 0 Å². The summed E-state index contributed by atoms with van der Waals surface area (Å²) in [5.41, 5.74) is 3.08. The summed E-state index contributed by atoms with van der Waals surface area (Å²) in [4.78, 5) is 14.9. The molecule has 1 saturated heterocycles. The molecule has 0 N–H and O–H groups in total. The van der Waals surface area contributed by atoms with Gasteiger partial charge in [-0.1, -0.05) is 6.07 Å². The molecular formula is C23H30N2O5S. The van der Waals surface area contributed by atoms with E-state index in [4.69, 9.17) is 9.47 Å². The zero-order valence-corrected chi connectivity index (χ0v) is 19.5. The van der Waals surface area contributed by atoms with Crippen molar-refractivity contribution in [3.63, 3.8) is 0 Å². The van der Waals surface area contributed by atoms with Crippen LogP contribution in [0.25, 0.3) is 0 Å². The molecule has 0 spiro atoms. The van der Waals surface area contributed by atoms with Gasteiger partial charge in [0.05, 0.1) is 25.0 Å². The third kappa shape index (κ3) is 4.70. The van der Waals surface area contributed by atoms with E-state index in [1.54, 1.807) is 18.0 Å². The van der Waals surface area contributed by atoms with Gasteiger partial charge in [0, 0.05) is 31.9 Å². The largest absolute Gasteiger partial charge is 0.493 e. The van der Waals surface area contributed by atoms with Crippen LogP contribution in [0.3, 0.4) is 0 Å². The van der Waals surface area contributed by atoms with E-state index in [-0.39, 0.29) is 17.3 Å². The first-order valence-corrected chi connectivity index (χ1v) is 11.7. The number of anilines is 1. The van der Waals surface area contributed by atoms with Gasteiger partial charge in [-0.05, 0) is 62.1 Å². The summed E-state index contributed by atoms with van der Waals surface area (Å²) in [7, 11) is 0.946. The van der Waals surface area contributed by atoms with E-state index in [1.165, 1.54) is 30.7 Å². The maximum atomic E-state index is 13.2. The summed E-state index contributed by atoms with van der Waals surface area (Å²) in [6.45, 7) is 4.58. The maximum absolute atomic E-state index is 13.2. The van der Waals surface area contributed by atoms with E-state index >= 15 is 0 Å². The third-order valence-corrected chi connectivity index (χ3v) is 7.80. The van der Waals surface area contributed by atoms with Gasteiger partial charge in [0.2, 0.25) is 15.9 Å². The fourth-order valence-corrected chi connectivity index (χ4v) is 5.36. The monoisotopic (exact) mass is 446 g/mol. The average molecular weight is 447 g/mol. The second-order valence-electron chi connectivity index (χ2n) is 7.88. The molecule has 0 aliphatic carbocycles. The Bertz CT molecular complexity index is 1070. The SMILES string of the molecule is COc1ccc(S(=O)(=O)N2CCC[C@H](C(=O)N(C)c3ccc(C)c(C)c3)C2)cc1OC. The molecule has 0 unspecified atom stereocenters. The topological polar surface area (TPSA) is 76.2 Å². The van der Waals surface area contributed by atoms with Crippen LogP contribution in [-0.4, -0.2) is 53.0 Å². The number of carbonyl (C=O) groups is 1. The Hall–Kier alpha value is -2.58. The molecule has 0 bridgehead atoms. The van der Waals surface area contributed by atoms with Crippen molar-refractivity contribution < 1.29 is 22.7 Å². The van der Waals surface area contributed by atoms with Crippen LogP contribution in [0.2, 0.25) is 0 Å². The van der Waals surface area contributed by atoms with Crippen LogP contribution in [0.1, 0.15) is 24.0 Å². The van der Waals surface area contributed by atoms with Crippen LogP contribution < -0.4 is 14.4 Å². The van der Waals surface area contributed by atoms with Crippen LogP contribution in [0.15, 0.2) is 41.3 Å². The summed E-state index contributed by atoms with van der Waals surface area (Å²) in [6, 6.07) is 10.4. The number of amides is 1. The van der Waals surface area contributed by atoms with Gasteiger partial charge in [0.1, 0.15) is 0 Å². The molecule has 3 rings (SSSR count). The van der Waals surface area contributed by atoms with E-state index in [0.717, 1.165) is 16.8 Å². The number of ether oxygens (including phenoxy) is 2. The van der Waals surface area contributed by atoms with Crippen LogP contribution >= 0.6 is 0 Å². The molecule has 7 nitrogen and oxygen atoms in total. The lowest BCUT2D eigenvalue weighted by atomic mass is 9.98. The van der Waals surface area contributed by atoms with Gasteiger partial charge in [0.15, 0.2) is 11.5 Å². The number of carbonyl (C=O) groups excluding carboxylic acids is 1. The number of sulfonamides is 1. The van der Waals surface area contributed by atoms with Gasteiger partial charge in [-0.3, -0.25) is 4.79 Å². The van der Waals surface area contributed by atoms with Gasteiger partial charge in [0.25, 0.3) is 0 Å². The number of hydrogen-bond donors (Lipinski definition) is 0. The lowest BCUT2D eigenvalue weighted by Gasteiger charge is -2.33. The first kappa shape index (κ1) is 23.1. The van der Waals surface area contributed by atoms with Gasteiger partial charge in [-0.2, -0.15) is 4.31 Å². The van der Waals surface area contributed by atoms with Gasteiger partial charge in [-0.25, -0.2) is 8.42 Å². The van der Waals surface area contributed by atoms with E-state index < -0.39 is 15.9 Å². The quantitative estimate of drug-likeness (QED) is 0.680. The molecule has 1 atom stereocenters. The first-order valence-electron chi connectivity index (χ1n) is 10.3. The number of methoxy groups -OCH3 is 2. The number of benzene rings is 2. The lowest BCUT2D eigenvalue weighted by Crippen LogP contribution is -2.46. The molecule has 168 valence electrons. The lowest BCUT2D eigenvalue weighted by molar-refractivity contribution is -0.123. The van der Waals surface area contributed by atoms with Crippen molar-refractivity contribution in [2.75, 3.05) is 39.3 Å². The van der Waals surface area contributed by atoms with Crippen molar-refractivity contribution in [3.8, 4) is 11.5 Å². The van der Waals surface area contributed by atoms with Crippen molar-refractivity contribution in [2.45, 2.75) is 31.6 Å². The van der Waals surface area contributed by atoms with E-state index in [0.29, 0.717) is 30.9 Å². The number of rotatable bonds is 6.